The van der Waals surface area contributed by atoms with Gasteiger partial charge >= 0.3 is 6.16 Å². The Morgan fingerprint density at radius 3 is 1.62 bits per heavy atom. The van der Waals surface area contributed by atoms with Gasteiger partial charge in [-0.2, -0.15) is 14.6 Å². The van der Waals surface area contributed by atoms with Crippen LogP contribution in [-0.4, -0.2) is 18.4 Å². The van der Waals surface area contributed by atoms with Crippen LogP contribution in [0, 0.1) is 0 Å². The fourth-order valence-corrected chi connectivity index (χ4v) is 0.379. The van der Waals surface area contributed by atoms with Crippen molar-refractivity contribution < 1.29 is 34.4 Å². The van der Waals surface area contributed by atoms with E-state index < -0.39 is 6.16 Å². The smallest absolute Gasteiger partial charge is 0.226 e. The Morgan fingerprint density at radius 2 is 1.31 bits per heavy atom. The van der Waals surface area contributed by atoms with Gasteiger partial charge in [0.05, 0.1) is 12.2 Å². The second-order valence-electron chi connectivity index (χ2n) is 3.18. The summed E-state index contributed by atoms with van der Waals surface area (Å²) in [5, 5.41) is 8.24. The molecular formula is C9H18O7. The van der Waals surface area contributed by atoms with Crippen LogP contribution in [0.5, 0.6) is 0 Å². The minimum atomic E-state index is -1.22. The Hall–Kier alpha value is -0.890. The first-order valence-corrected chi connectivity index (χ1v) is 5.14. The van der Waals surface area contributed by atoms with Crippen molar-refractivity contribution in [3.8, 4) is 0 Å². The highest BCUT2D eigenvalue weighted by atomic mass is 17.6. The van der Waals surface area contributed by atoms with E-state index in [4.69, 9.17) is 0 Å². The van der Waals surface area contributed by atoms with Gasteiger partial charge in [-0.25, -0.2) is 9.78 Å². The molecule has 0 saturated carbocycles. The molecule has 0 aromatic carbocycles. The van der Waals surface area contributed by atoms with E-state index in [1.54, 1.807) is 13.8 Å². The lowest BCUT2D eigenvalue weighted by molar-refractivity contribution is -0.539. The standard InChI is InChI=1S/C9H18O7/c1-5-7(3)11-15-13-9(10)14-16-12-8(4)6-2/h7-8H,5-6H2,1-4H3. The molecule has 0 aliphatic heterocycles. The zero-order chi connectivity index (χ0) is 12.4. The molecular weight excluding hydrogens is 220 g/mol. The third-order valence-corrected chi connectivity index (χ3v) is 1.76. The van der Waals surface area contributed by atoms with E-state index in [-0.39, 0.29) is 12.2 Å². The van der Waals surface area contributed by atoms with Crippen molar-refractivity contribution in [1.82, 2.24) is 0 Å². The Kier molecular flexibility index (Phi) is 8.82. The summed E-state index contributed by atoms with van der Waals surface area (Å²) in [6, 6.07) is 0. The predicted octanol–water partition coefficient (Wildman–Crippen LogP) is 2.46. The fourth-order valence-electron chi connectivity index (χ4n) is 0.379. The van der Waals surface area contributed by atoms with Gasteiger partial charge < -0.3 is 0 Å². The Labute approximate surface area is 94.2 Å². The van der Waals surface area contributed by atoms with Crippen LogP contribution in [0.3, 0.4) is 0 Å². The van der Waals surface area contributed by atoms with Gasteiger partial charge in [0.1, 0.15) is 0 Å². The maximum Gasteiger partial charge on any atom is 0.577 e. The lowest BCUT2D eigenvalue weighted by Gasteiger charge is -2.08. The van der Waals surface area contributed by atoms with Gasteiger partial charge in [-0.3, -0.25) is 0 Å². The van der Waals surface area contributed by atoms with Gasteiger partial charge in [0, 0.05) is 0 Å². The molecule has 2 unspecified atom stereocenters. The second kappa shape index (κ2) is 9.34. The molecule has 0 fully saturated rings. The van der Waals surface area contributed by atoms with E-state index in [0.717, 1.165) is 0 Å². The maximum atomic E-state index is 10.7. The van der Waals surface area contributed by atoms with Crippen LogP contribution in [0.4, 0.5) is 4.79 Å². The fraction of sp³-hybridized carbons (Fsp3) is 0.889. The molecule has 0 spiro atoms. The molecule has 0 bridgehead atoms. The summed E-state index contributed by atoms with van der Waals surface area (Å²) in [5.74, 6) is 0. The normalized spacial score (nSPS) is 14.2. The molecule has 7 heteroatoms. The minimum absolute atomic E-state index is 0.190. The van der Waals surface area contributed by atoms with Crippen LogP contribution in [0.1, 0.15) is 40.5 Å². The molecule has 96 valence electrons. The summed E-state index contributed by atoms with van der Waals surface area (Å²) in [6.07, 6.45) is -0.167. The Morgan fingerprint density at radius 1 is 0.938 bits per heavy atom. The Balaban J connectivity index is 3.38. The summed E-state index contributed by atoms with van der Waals surface area (Å²) in [7, 11) is 0. The molecule has 0 heterocycles. The molecule has 0 aliphatic rings. The predicted molar refractivity (Wildman–Crippen MR) is 51.4 cm³/mol. The number of carbonyl (C=O) groups excluding carboxylic acids is 1. The first kappa shape index (κ1) is 15.1. The summed E-state index contributed by atoms with van der Waals surface area (Å²) in [5.41, 5.74) is 0. The van der Waals surface area contributed by atoms with Crippen LogP contribution in [0.2, 0.25) is 0 Å². The van der Waals surface area contributed by atoms with Gasteiger partial charge in [0.25, 0.3) is 0 Å². The largest absolute Gasteiger partial charge is 0.577 e. The van der Waals surface area contributed by atoms with Crippen LogP contribution >= 0.6 is 0 Å². The highest BCUT2D eigenvalue weighted by Crippen LogP contribution is 2.00. The van der Waals surface area contributed by atoms with E-state index >= 15 is 0 Å². The van der Waals surface area contributed by atoms with Crippen molar-refractivity contribution >= 4 is 6.16 Å². The number of hydrogen-bond donors (Lipinski definition) is 0. The van der Waals surface area contributed by atoms with Gasteiger partial charge in [-0.1, -0.05) is 13.8 Å². The molecule has 0 radical (unpaired) electrons. The number of carbonyl (C=O) groups is 1. The van der Waals surface area contributed by atoms with Crippen molar-refractivity contribution in [1.29, 1.82) is 0 Å². The second-order valence-corrected chi connectivity index (χ2v) is 3.18. The zero-order valence-corrected chi connectivity index (χ0v) is 9.93. The van der Waals surface area contributed by atoms with Crippen molar-refractivity contribution in [3.63, 3.8) is 0 Å². The molecule has 0 aromatic rings. The summed E-state index contributed by atoms with van der Waals surface area (Å²) in [6.45, 7) is 7.26. The van der Waals surface area contributed by atoms with Crippen LogP contribution in [0.15, 0.2) is 0 Å². The van der Waals surface area contributed by atoms with Gasteiger partial charge in [0.2, 0.25) is 0 Å². The molecule has 0 N–H and O–H groups in total. The summed E-state index contributed by atoms with van der Waals surface area (Å²) < 4.78 is 0. The topological polar surface area (TPSA) is 72.5 Å². The molecule has 2 atom stereocenters. The van der Waals surface area contributed by atoms with Gasteiger partial charge in [-0.15, -0.1) is 0 Å². The van der Waals surface area contributed by atoms with Gasteiger partial charge in [0.15, 0.2) is 0 Å². The minimum Gasteiger partial charge on any atom is -0.226 e. The zero-order valence-electron chi connectivity index (χ0n) is 9.93. The molecule has 16 heavy (non-hydrogen) atoms. The third kappa shape index (κ3) is 8.42. The highest BCUT2D eigenvalue weighted by molar-refractivity contribution is 5.57. The average Bonchev–Trinajstić information content (AvgIpc) is 2.28. The molecule has 0 rings (SSSR count). The maximum absolute atomic E-state index is 10.7. The van der Waals surface area contributed by atoms with Crippen molar-refractivity contribution in [2.75, 3.05) is 0 Å². The van der Waals surface area contributed by atoms with Gasteiger partial charge in [-0.05, 0) is 36.8 Å². The monoisotopic (exact) mass is 238 g/mol. The van der Waals surface area contributed by atoms with E-state index in [1.165, 1.54) is 0 Å². The molecule has 0 saturated heterocycles. The first-order valence-electron chi connectivity index (χ1n) is 5.14. The van der Waals surface area contributed by atoms with Crippen LogP contribution in [-0.2, 0) is 29.6 Å². The number of hydrogen-bond acceptors (Lipinski definition) is 7. The molecule has 0 amide bonds. The van der Waals surface area contributed by atoms with Crippen molar-refractivity contribution in [2.45, 2.75) is 52.7 Å². The van der Waals surface area contributed by atoms with E-state index in [0.29, 0.717) is 12.8 Å². The average molecular weight is 238 g/mol. The lowest BCUT2D eigenvalue weighted by atomic mass is 10.3. The van der Waals surface area contributed by atoms with E-state index in [9.17, 15) is 4.79 Å². The van der Waals surface area contributed by atoms with Crippen molar-refractivity contribution in [2.24, 2.45) is 0 Å². The van der Waals surface area contributed by atoms with Crippen LogP contribution < -0.4 is 0 Å². The molecule has 0 aliphatic carbocycles. The van der Waals surface area contributed by atoms with Crippen molar-refractivity contribution in [3.05, 3.63) is 0 Å². The lowest BCUT2D eigenvalue weighted by Crippen LogP contribution is -2.15. The van der Waals surface area contributed by atoms with E-state index in [1.807, 2.05) is 13.8 Å². The SMILES string of the molecule is CCC(C)OOOC(=O)OOOC(C)CC. The summed E-state index contributed by atoms with van der Waals surface area (Å²) in [4.78, 5) is 28.0. The first-order chi connectivity index (χ1) is 7.60. The summed E-state index contributed by atoms with van der Waals surface area (Å²) >= 11 is 0. The van der Waals surface area contributed by atoms with E-state index in [2.05, 4.69) is 29.6 Å². The molecule has 7 nitrogen and oxygen atoms in total. The molecule has 0 aromatic heterocycles. The Bertz CT molecular complexity index is 167. The number of rotatable bonds is 8. The quantitative estimate of drug-likeness (QED) is 0.475. The van der Waals surface area contributed by atoms with Crippen LogP contribution in [0.25, 0.3) is 0 Å². The third-order valence-electron chi connectivity index (χ3n) is 1.76. The highest BCUT2D eigenvalue weighted by Gasteiger charge is 2.10.